The molecule has 2 aliphatic heterocycles. The van der Waals surface area contributed by atoms with E-state index in [0.717, 1.165) is 38.3 Å². The standard InChI is InChI=1S/C22H30FN3O3/c1-4-24-9-11-25(12-10-24)21(17-5-7-18(23)8-6-17)20-19(27)15-16(2)26(22(20)28)13-14-29-3/h5-8,15,20-21H,4,9-14H2,1-3H3. The lowest BCUT2D eigenvalue weighted by Crippen LogP contribution is -2.53. The van der Waals surface area contributed by atoms with Crippen molar-refractivity contribution in [2.75, 3.05) is 53.0 Å². The Hall–Kier alpha value is -2.09. The first-order chi connectivity index (χ1) is 14.0. The lowest BCUT2D eigenvalue weighted by Gasteiger charge is -2.43. The highest BCUT2D eigenvalue weighted by molar-refractivity contribution is 6.10. The second-order valence-electron chi connectivity index (χ2n) is 7.62. The van der Waals surface area contributed by atoms with Gasteiger partial charge in [0.25, 0.3) is 0 Å². The molecule has 2 aliphatic rings. The molecule has 2 unspecified atom stereocenters. The summed E-state index contributed by atoms with van der Waals surface area (Å²) in [5, 5.41) is 0. The van der Waals surface area contributed by atoms with Gasteiger partial charge in [-0.2, -0.15) is 0 Å². The number of hydrogen-bond donors (Lipinski definition) is 0. The second kappa shape index (κ2) is 9.61. The van der Waals surface area contributed by atoms with Crippen LogP contribution in [0.4, 0.5) is 4.39 Å². The molecule has 0 aliphatic carbocycles. The lowest BCUT2D eigenvalue weighted by atomic mass is 9.84. The van der Waals surface area contributed by atoms with E-state index in [1.807, 2.05) is 0 Å². The van der Waals surface area contributed by atoms with Gasteiger partial charge in [0.05, 0.1) is 12.6 Å². The average molecular weight is 403 g/mol. The van der Waals surface area contributed by atoms with Crippen molar-refractivity contribution < 1.29 is 18.7 Å². The SMILES string of the molecule is CCN1CCN(C(c2ccc(F)cc2)C2C(=O)C=C(C)N(CCOC)C2=O)CC1. The summed E-state index contributed by atoms with van der Waals surface area (Å²) in [5.41, 5.74) is 1.43. The zero-order valence-corrected chi connectivity index (χ0v) is 17.4. The summed E-state index contributed by atoms with van der Waals surface area (Å²) >= 11 is 0. The molecule has 1 aromatic rings. The van der Waals surface area contributed by atoms with E-state index in [9.17, 15) is 14.0 Å². The Morgan fingerprint density at radius 1 is 1.14 bits per heavy atom. The van der Waals surface area contributed by atoms with Gasteiger partial charge in [0.1, 0.15) is 11.7 Å². The molecule has 0 saturated carbocycles. The lowest BCUT2D eigenvalue weighted by molar-refractivity contribution is -0.144. The third kappa shape index (κ3) is 4.74. The van der Waals surface area contributed by atoms with E-state index in [0.29, 0.717) is 18.8 Å². The van der Waals surface area contributed by atoms with Gasteiger partial charge in [0, 0.05) is 51.6 Å². The molecule has 0 spiro atoms. The molecule has 2 heterocycles. The molecule has 0 aromatic heterocycles. The molecule has 1 amide bonds. The van der Waals surface area contributed by atoms with Crippen molar-refractivity contribution in [3.05, 3.63) is 47.4 Å². The smallest absolute Gasteiger partial charge is 0.239 e. The molecule has 1 saturated heterocycles. The number of allylic oxidation sites excluding steroid dienone is 2. The number of hydrogen-bond acceptors (Lipinski definition) is 5. The number of rotatable bonds is 7. The van der Waals surface area contributed by atoms with Crippen LogP contribution in [0.1, 0.15) is 25.5 Å². The van der Waals surface area contributed by atoms with Crippen molar-refractivity contribution in [2.24, 2.45) is 5.92 Å². The van der Waals surface area contributed by atoms with Crippen LogP contribution in [0.3, 0.4) is 0 Å². The number of nitrogens with zero attached hydrogens (tertiary/aromatic N) is 3. The van der Waals surface area contributed by atoms with Gasteiger partial charge in [-0.3, -0.25) is 14.5 Å². The number of benzene rings is 1. The van der Waals surface area contributed by atoms with Gasteiger partial charge >= 0.3 is 0 Å². The number of halogens is 1. The number of piperazine rings is 1. The third-order valence-corrected chi connectivity index (χ3v) is 5.91. The molecule has 7 heteroatoms. The van der Waals surface area contributed by atoms with Crippen molar-refractivity contribution in [3.63, 3.8) is 0 Å². The molecule has 0 radical (unpaired) electrons. The quantitative estimate of drug-likeness (QED) is 0.653. The summed E-state index contributed by atoms with van der Waals surface area (Å²) < 4.78 is 18.7. The number of likely N-dealkylation sites (N-methyl/N-ethyl adjacent to an activating group) is 1. The van der Waals surface area contributed by atoms with Crippen molar-refractivity contribution in [2.45, 2.75) is 19.9 Å². The summed E-state index contributed by atoms with van der Waals surface area (Å²) in [7, 11) is 1.59. The summed E-state index contributed by atoms with van der Waals surface area (Å²) in [6, 6.07) is 5.76. The summed E-state index contributed by atoms with van der Waals surface area (Å²) in [6.07, 6.45) is 1.56. The van der Waals surface area contributed by atoms with E-state index in [4.69, 9.17) is 4.74 Å². The normalized spacial score (nSPS) is 22.7. The highest BCUT2D eigenvalue weighted by Gasteiger charge is 2.43. The van der Waals surface area contributed by atoms with Gasteiger partial charge in [-0.05, 0) is 31.2 Å². The van der Waals surface area contributed by atoms with Gasteiger partial charge < -0.3 is 14.5 Å². The Balaban J connectivity index is 1.95. The van der Waals surface area contributed by atoms with Crippen LogP contribution in [0.5, 0.6) is 0 Å². The van der Waals surface area contributed by atoms with Crippen LogP contribution in [-0.4, -0.2) is 79.4 Å². The Bertz CT molecular complexity index is 757. The molecule has 6 nitrogen and oxygen atoms in total. The average Bonchev–Trinajstić information content (AvgIpc) is 2.72. The summed E-state index contributed by atoms with van der Waals surface area (Å²) in [4.78, 5) is 32.6. The van der Waals surface area contributed by atoms with E-state index in [1.54, 1.807) is 37.1 Å². The molecular formula is C22H30FN3O3. The molecule has 29 heavy (non-hydrogen) atoms. The summed E-state index contributed by atoms with van der Waals surface area (Å²) in [5.74, 6) is -1.57. The van der Waals surface area contributed by atoms with Crippen LogP contribution >= 0.6 is 0 Å². The van der Waals surface area contributed by atoms with Crippen molar-refractivity contribution in [1.29, 1.82) is 0 Å². The van der Waals surface area contributed by atoms with Crippen LogP contribution in [0, 0.1) is 11.7 Å². The minimum atomic E-state index is -0.839. The predicted molar refractivity (Wildman–Crippen MR) is 109 cm³/mol. The van der Waals surface area contributed by atoms with Gasteiger partial charge in [-0.25, -0.2) is 4.39 Å². The highest BCUT2D eigenvalue weighted by atomic mass is 19.1. The minimum absolute atomic E-state index is 0.187. The molecular weight excluding hydrogens is 373 g/mol. The van der Waals surface area contributed by atoms with Crippen LogP contribution < -0.4 is 0 Å². The van der Waals surface area contributed by atoms with Gasteiger partial charge in [-0.1, -0.05) is 19.1 Å². The number of carbonyl (C=O) groups excluding carboxylic acids is 2. The zero-order chi connectivity index (χ0) is 21.0. The number of carbonyl (C=O) groups is 2. The van der Waals surface area contributed by atoms with E-state index in [2.05, 4.69) is 16.7 Å². The Morgan fingerprint density at radius 3 is 2.38 bits per heavy atom. The molecule has 0 bridgehead atoms. The maximum Gasteiger partial charge on any atom is 0.239 e. The van der Waals surface area contributed by atoms with Crippen LogP contribution in [0.25, 0.3) is 0 Å². The van der Waals surface area contributed by atoms with E-state index >= 15 is 0 Å². The Morgan fingerprint density at radius 2 is 1.79 bits per heavy atom. The van der Waals surface area contributed by atoms with Gasteiger partial charge in [-0.15, -0.1) is 0 Å². The van der Waals surface area contributed by atoms with E-state index in [-0.39, 0.29) is 17.5 Å². The first-order valence-electron chi connectivity index (χ1n) is 10.2. The fraction of sp³-hybridized carbons (Fsp3) is 0.545. The highest BCUT2D eigenvalue weighted by Crippen LogP contribution is 2.35. The van der Waals surface area contributed by atoms with E-state index in [1.165, 1.54) is 12.1 Å². The molecule has 3 rings (SSSR count). The monoisotopic (exact) mass is 403 g/mol. The van der Waals surface area contributed by atoms with Crippen LogP contribution in [0.2, 0.25) is 0 Å². The molecule has 1 aromatic carbocycles. The third-order valence-electron chi connectivity index (χ3n) is 5.91. The van der Waals surface area contributed by atoms with Gasteiger partial charge in [0.15, 0.2) is 5.78 Å². The number of ether oxygens (including phenoxy) is 1. The Labute approximate surface area is 171 Å². The fourth-order valence-corrected chi connectivity index (χ4v) is 4.23. The largest absolute Gasteiger partial charge is 0.383 e. The molecule has 1 fully saturated rings. The van der Waals surface area contributed by atoms with Crippen molar-refractivity contribution >= 4 is 11.7 Å². The van der Waals surface area contributed by atoms with Gasteiger partial charge in [0.2, 0.25) is 5.91 Å². The minimum Gasteiger partial charge on any atom is -0.383 e. The fourth-order valence-electron chi connectivity index (χ4n) is 4.23. The Kier molecular flexibility index (Phi) is 7.16. The number of amides is 1. The maximum atomic E-state index is 13.6. The predicted octanol–water partition coefficient (Wildman–Crippen LogP) is 2.08. The second-order valence-corrected chi connectivity index (χ2v) is 7.62. The first kappa shape index (κ1) is 21.6. The zero-order valence-electron chi connectivity index (χ0n) is 17.4. The summed E-state index contributed by atoms with van der Waals surface area (Å²) in [6.45, 7) is 8.95. The number of methoxy groups -OCH3 is 1. The maximum absolute atomic E-state index is 13.6. The van der Waals surface area contributed by atoms with Crippen molar-refractivity contribution in [3.8, 4) is 0 Å². The topological polar surface area (TPSA) is 53.1 Å². The van der Waals surface area contributed by atoms with Crippen molar-refractivity contribution in [1.82, 2.24) is 14.7 Å². The van der Waals surface area contributed by atoms with E-state index < -0.39 is 12.0 Å². The molecule has 158 valence electrons. The molecule has 2 atom stereocenters. The van der Waals surface area contributed by atoms with Crippen LogP contribution in [-0.2, 0) is 14.3 Å². The first-order valence-corrected chi connectivity index (χ1v) is 10.2. The molecule has 0 N–H and O–H groups in total. The number of ketones is 1. The van der Waals surface area contributed by atoms with Crippen LogP contribution in [0.15, 0.2) is 36.0 Å².